The SMILES string of the molecule is Cc1sc(C(=O)O)cc1CN1CCC(N2CCCC2)C1. The number of carbonyl (C=O) groups is 1. The molecule has 1 unspecified atom stereocenters. The number of likely N-dealkylation sites (tertiary alicyclic amines) is 2. The van der Waals surface area contributed by atoms with Gasteiger partial charge in [-0.2, -0.15) is 0 Å². The molecule has 2 aliphatic rings. The average molecular weight is 294 g/mol. The molecule has 1 N–H and O–H groups in total. The van der Waals surface area contributed by atoms with Crippen molar-refractivity contribution in [2.75, 3.05) is 26.2 Å². The van der Waals surface area contributed by atoms with Gasteiger partial charge in [0.25, 0.3) is 0 Å². The van der Waals surface area contributed by atoms with Crippen LogP contribution in [0.4, 0.5) is 0 Å². The molecule has 110 valence electrons. The first-order valence-corrected chi connectivity index (χ1v) is 8.24. The summed E-state index contributed by atoms with van der Waals surface area (Å²) in [7, 11) is 0. The lowest BCUT2D eigenvalue weighted by molar-refractivity contribution is 0.0702. The smallest absolute Gasteiger partial charge is 0.345 e. The van der Waals surface area contributed by atoms with Crippen LogP contribution in [0.25, 0.3) is 0 Å². The van der Waals surface area contributed by atoms with E-state index in [0.717, 1.165) is 30.6 Å². The maximum absolute atomic E-state index is 11.0. The zero-order chi connectivity index (χ0) is 14.1. The lowest BCUT2D eigenvalue weighted by Crippen LogP contribution is -2.35. The van der Waals surface area contributed by atoms with Crippen LogP contribution in [0.15, 0.2) is 6.07 Å². The number of aromatic carboxylic acids is 1. The molecule has 0 saturated carbocycles. The number of thiophene rings is 1. The Kier molecular flexibility index (Phi) is 4.10. The van der Waals surface area contributed by atoms with Crippen molar-refractivity contribution in [2.24, 2.45) is 0 Å². The predicted molar refractivity (Wildman–Crippen MR) is 80.5 cm³/mol. The van der Waals surface area contributed by atoms with E-state index in [1.54, 1.807) is 0 Å². The third kappa shape index (κ3) is 2.90. The molecule has 3 rings (SSSR count). The summed E-state index contributed by atoms with van der Waals surface area (Å²) >= 11 is 1.40. The number of hydrogen-bond donors (Lipinski definition) is 1. The van der Waals surface area contributed by atoms with E-state index in [4.69, 9.17) is 5.11 Å². The van der Waals surface area contributed by atoms with Crippen LogP contribution >= 0.6 is 11.3 Å². The number of rotatable bonds is 4. The highest BCUT2D eigenvalue weighted by atomic mass is 32.1. The molecule has 2 fully saturated rings. The third-order valence-electron chi connectivity index (χ3n) is 4.53. The molecule has 20 heavy (non-hydrogen) atoms. The quantitative estimate of drug-likeness (QED) is 0.926. The molecule has 4 nitrogen and oxygen atoms in total. The van der Waals surface area contributed by atoms with Crippen molar-refractivity contribution in [3.8, 4) is 0 Å². The van der Waals surface area contributed by atoms with Gasteiger partial charge in [0.2, 0.25) is 0 Å². The number of carboxylic acids is 1. The standard InChI is InChI=1S/C15H22N2O2S/c1-11-12(8-14(20-11)15(18)19)9-16-7-4-13(10-16)17-5-2-3-6-17/h8,13H,2-7,9-10H2,1H3,(H,18,19). The lowest BCUT2D eigenvalue weighted by atomic mass is 10.2. The molecule has 5 heteroatoms. The Labute approximate surface area is 124 Å². The monoisotopic (exact) mass is 294 g/mol. The molecule has 1 atom stereocenters. The second-order valence-corrected chi connectivity index (χ2v) is 7.17. The van der Waals surface area contributed by atoms with Crippen molar-refractivity contribution < 1.29 is 9.90 Å². The summed E-state index contributed by atoms with van der Waals surface area (Å²) in [5.41, 5.74) is 1.19. The van der Waals surface area contributed by atoms with Gasteiger partial charge in [0.1, 0.15) is 4.88 Å². The molecule has 0 radical (unpaired) electrons. The van der Waals surface area contributed by atoms with Crippen LogP contribution in [0.2, 0.25) is 0 Å². The molecular formula is C15H22N2O2S. The first kappa shape index (κ1) is 14.0. The maximum Gasteiger partial charge on any atom is 0.345 e. The van der Waals surface area contributed by atoms with E-state index in [1.807, 2.05) is 13.0 Å². The maximum atomic E-state index is 11.0. The minimum Gasteiger partial charge on any atom is -0.477 e. The van der Waals surface area contributed by atoms with E-state index < -0.39 is 5.97 Å². The molecule has 0 aliphatic carbocycles. The van der Waals surface area contributed by atoms with Gasteiger partial charge in [-0.25, -0.2) is 4.79 Å². The van der Waals surface area contributed by atoms with Crippen LogP contribution in [-0.4, -0.2) is 53.1 Å². The lowest BCUT2D eigenvalue weighted by Gasteiger charge is -2.23. The first-order chi connectivity index (χ1) is 9.63. The van der Waals surface area contributed by atoms with Gasteiger partial charge in [-0.3, -0.25) is 9.80 Å². The fourth-order valence-electron chi connectivity index (χ4n) is 3.38. The van der Waals surface area contributed by atoms with Gasteiger partial charge < -0.3 is 5.11 Å². The second-order valence-electron chi connectivity index (χ2n) is 5.92. The Morgan fingerprint density at radius 1 is 1.40 bits per heavy atom. The van der Waals surface area contributed by atoms with Crippen LogP contribution in [0.1, 0.15) is 39.4 Å². The predicted octanol–water partition coefficient (Wildman–Crippen LogP) is 2.42. The normalized spacial score (nSPS) is 24.6. The third-order valence-corrected chi connectivity index (χ3v) is 5.61. The van der Waals surface area contributed by atoms with Crippen LogP contribution in [0.5, 0.6) is 0 Å². The van der Waals surface area contributed by atoms with Crippen molar-refractivity contribution in [3.63, 3.8) is 0 Å². The van der Waals surface area contributed by atoms with Crippen molar-refractivity contribution >= 4 is 17.3 Å². The summed E-state index contributed by atoms with van der Waals surface area (Å²) in [6, 6.07) is 2.57. The van der Waals surface area contributed by atoms with Crippen molar-refractivity contribution in [3.05, 3.63) is 21.4 Å². The summed E-state index contributed by atoms with van der Waals surface area (Å²) in [4.78, 5) is 17.7. The fourth-order valence-corrected chi connectivity index (χ4v) is 4.26. The van der Waals surface area contributed by atoms with E-state index in [-0.39, 0.29) is 0 Å². The molecule has 1 aromatic heterocycles. The molecular weight excluding hydrogens is 272 g/mol. The van der Waals surface area contributed by atoms with E-state index in [0.29, 0.717) is 4.88 Å². The Bertz CT molecular complexity index is 494. The average Bonchev–Trinajstić information content (AvgIpc) is 3.11. The summed E-state index contributed by atoms with van der Waals surface area (Å²) in [5, 5.41) is 9.06. The first-order valence-electron chi connectivity index (χ1n) is 7.42. The minimum atomic E-state index is -0.805. The molecule has 3 heterocycles. The van der Waals surface area contributed by atoms with Crippen LogP contribution < -0.4 is 0 Å². The van der Waals surface area contributed by atoms with Crippen LogP contribution in [0, 0.1) is 6.92 Å². The highest BCUT2D eigenvalue weighted by Gasteiger charge is 2.29. The highest BCUT2D eigenvalue weighted by Crippen LogP contribution is 2.26. The van der Waals surface area contributed by atoms with Crippen LogP contribution in [0.3, 0.4) is 0 Å². The minimum absolute atomic E-state index is 0.466. The van der Waals surface area contributed by atoms with E-state index in [1.165, 1.54) is 49.3 Å². The van der Waals surface area contributed by atoms with Crippen molar-refractivity contribution in [1.29, 1.82) is 0 Å². The summed E-state index contributed by atoms with van der Waals surface area (Å²) < 4.78 is 0. The second kappa shape index (κ2) is 5.84. The zero-order valence-electron chi connectivity index (χ0n) is 12.0. The highest BCUT2D eigenvalue weighted by molar-refractivity contribution is 7.14. The Morgan fingerprint density at radius 3 is 2.80 bits per heavy atom. The Morgan fingerprint density at radius 2 is 2.15 bits per heavy atom. The van der Waals surface area contributed by atoms with Gasteiger partial charge in [-0.05, 0) is 50.9 Å². The van der Waals surface area contributed by atoms with Crippen molar-refractivity contribution in [2.45, 2.75) is 38.8 Å². The Hall–Kier alpha value is -0.910. The molecule has 1 aromatic rings. The van der Waals surface area contributed by atoms with Crippen molar-refractivity contribution in [1.82, 2.24) is 9.80 Å². The molecule has 0 aromatic carbocycles. The number of carboxylic acid groups (broad SMARTS) is 1. The largest absolute Gasteiger partial charge is 0.477 e. The van der Waals surface area contributed by atoms with E-state index in [2.05, 4.69) is 9.80 Å². The Balaban J connectivity index is 1.60. The molecule has 0 amide bonds. The van der Waals surface area contributed by atoms with Gasteiger partial charge in [0, 0.05) is 30.6 Å². The number of nitrogens with zero attached hydrogens (tertiary/aromatic N) is 2. The zero-order valence-corrected chi connectivity index (χ0v) is 12.8. The molecule has 2 saturated heterocycles. The summed E-state index contributed by atoms with van der Waals surface area (Å²) in [6.45, 7) is 7.73. The van der Waals surface area contributed by atoms with Gasteiger partial charge in [-0.15, -0.1) is 11.3 Å². The van der Waals surface area contributed by atoms with Gasteiger partial charge in [0.05, 0.1) is 0 Å². The topological polar surface area (TPSA) is 43.8 Å². The van der Waals surface area contributed by atoms with E-state index >= 15 is 0 Å². The van der Waals surface area contributed by atoms with E-state index in [9.17, 15) is 4.79 Å². The van der Waals surface area contributed by atoms with Crippen LogP contribution in [-0.2, 0) is 6.54 Å². The van der Waals surface area contributed by atoms with Gasteiger partial charge in [-0.1, -0.05) is 0 Å². The van der Waals surface area contributed by atoms with Gasteiger partial charge in [0.15, 0.2) is 0 Å². The summed E-state index contributed by atoms with van der Waals surface area (Å²) in [5.74, 6) is -0.805. The number of hydrogen-bond acceptors (Lipinski definition) is 4. The fraction of sp³-hybridized carbons (Fsp3) is 0.667. The number of aryl methyl sites for hydroxylation is 1. The van der Waals surface area contributed by atoms with Gasteiger partial charge >= 0.3 is 5.97 Å². The molecule has 0 spiro atoms. The molecule has 2 aliphatic heterocycles. The molecule has 0 bridgehead atoms. The summed E-state index contributed by atoms with van der Waals surface area (Å²) in [6.07, 6.45) is 3.96.